The van der Waals surface area contributed by atoms with Gasteiger partial charge in [-0.05, 0) is 6.92 Å². The lowest BCUT2D eigenvalue weighted by atomic mass is 10.4. The Balaban J connectivity index is 1.96. The van der Waals surface area contributed by atoms with Gasteiger partial charge in [0.25, 0.3) is 5.91 Å². The quantitative estimate of drug-likeness (QED) is 0.701. The molecule has 2 aromatic heterocycles. The van der Waals surface area contributed by atoms with Crippen LogP contribution >= 0.6 is 11.3 Å². The average Bonchev–Trinajstić information content (AvgIpc) is 2.84. The summed E-state index contributed by atoms with van der Waals surface area (Å²) >= 11 is 1.53. The molecule has 0 unspecified atom stereocenters. The molecular weight excluding hydrogens is 228 g/mol. The van der Waals surface area contributed by atoms with Crippen molar-refractivity contribution >= 4 is 23.1 Å². The van der Waals surface area contributed by atoms with Gasteiger partial charge >= 0.3 is 0 Å². The van der Waals surface area contributed by atoms with Crippen molar-refractivity contribution in [3.63, 3.8) is 0 Å². The van der Waals surface area contributed by atoms with Crippen LogP contribution in [0, 0.1) is 6.92 Å². The minimum absolute atomic E-state index is 0.0906. The number of aromatic amines is 1. The molecular formula is C8H10N6OS. The third kappa shape index (κ3) is 2.16. The molecule has 8 heteroatoms. The second-order valence-corrected chi connectivity index (χ2v) is 4.42. The maximum atomic E-state index is 11.6. The number of amides is 1. The number of rotatable bonds is 3. The van der Waals surface area contributed by atoms with Gasteiger partial charge in [0, 0.05) is 11.1 Å². The first kappa shape index (κ1) is 10.6. The number of nitrogen functional groups attached to an aromatic ring is 1. The van der Waals surface area contributed by atoms with Gasteiger partial charge in [-0.2, -0.15) is 5.21 Å². The van der Waals surface area contributed by atoms with Crippen LogP contribution in [0.4, 0.5) is 5.82 Å². The van der Waals surface area contributed by atoms with Crippen LogP contribution in [0.15, 0.2) is 6.20 Å². The van der Waals surface area contributed by atoms with Gasteiger partial charge in [0.15, 0.2) is 11.5 Å². The van der Waals surface area contributed by atoms with E-state index in [2.05, 4.69) is 25.7 Å². The summed E-state index contributed by atoms with van der Waals surface area (Å²) < 4.78 is 0. The lowest BCUT2D eigenvalue weighted by Crippen LogP contribution is -2.24. The zero-order valence-electron chi connectivity index (χ0n) is 8.52. The first-order valence-corrected chi connectivity index (χ1v) is 5.34. The highest BCUT2D eigenvalue weighted by atomic mass is 32.1. The van der Waals surface area contributed by atoms with E-state index in [0.717, 1.165) is 9.88 Å². The highest BCUT2D eigenvalue weighted by molar-refractivity contribution is 7.11. The average molecular weight is 238 g/mol. The number of H-pyrrole nitrogens is 1. The van der Waals surface area contributed by atoms with Gasteiger partial charge < -0.3 is 11.1 Å². The van der Waals surface area contributed by atoms with E-state index in [9.17, 15) is 4.79 Å². The number of aryl methyl sites for hydroxylation is 1. The van der Waals surface area contributed by atoms with Crippen molar-refractivity contribution in [3.8, 4) is 0 Å². The molecule has 0 aliphatic carbocycles. The van der Waals surface area contributed by atoms with Crippen LogP contribution in [0.2, 0.25) is 0 Å². The first-order valence-electron chi connectivity index (χ1n) is 4.52. The minimum atomic E-state index is -0.362. The van der Waals surface area contributed by atoms with Crippen molar-refractivity contribution in [1.82, 2.24) is 25.7 Å². The van der Waals surface area contributed by atoms with E-state index in [1.165, 1.54) is 11.3 Å². The summed E-state index contributed by atoms with van der Waals surface area (Å²) in [5.74, 6) is -0.271. The van der Waals surface area contributed by atoms with Crippen LogP contribution < -0.4 is 11.1 Å². The van der Waals surface area contributed by atoms with Crippen LogP contribution in [0.1, 0.15) is 20.4 Å². The van der Waals surface area contributed by atoms with Crippen LogP contribution in [-0.4, -0.2) is 26.3 Å². The molecule has 0 aliphatic heterocycles. The van der Waals surface area contributed by atoms with Crippen LogP contribution in [0.3, 0.4) is 0 Å². The summed E-state index contributed by atoms with van der Waals surface area (Å²) in [5.41, 5.74) is 5.54. The number of thiazole rings is 1. The van der Waals surface area contributed by atoms with Crippen LogP contribution in [0.5, 0.6) is 0 Å². The third-order valence-electron chi connectivity index (χ3n) is 1.86. The fourth-order valence-corrected chi connectivity index (χ4v) is 1.86. The number of nitrogens with one attached hydrogen (secondary N) is 2. The second kappa shape index (κ2) is 4.27. The Morgan fingerprint density at radius 3 is 3.00 bits per heavy atom. The fraction of sp³-hybridized carbons (Fsp3) is 0.250. The molecule has 0 atom stereocenters. The Bertz CT molecular complexity index is 504. The third-order valence-corrected chi connectivity index (χ3v) is 2.77. The minimum Gasteiger partial charge on any atom is -0.380 e. The van der Waals surface area contributed by atoms with Crippen molar-refractivity contribution in [2.24, 2.45) is 0 Å². The molecule has 7 nitrogen and oxygen atoms in total. The molecule has 2 heterocycles. The van der Waals surface area contributed by atoms with Gasteiger partial charge in [-0.25, -0.2) is 4.98 Å². The molecule has 0 saturated carbocycles. The Morgan fingerprint density at radius 2 is 2.44 bits per heavy atom. The molecule has 0 aliphatic rings. The van der Waals surface area contributed by atoms with E-state index >= 15 is 0 Å². The van der Waals surface area contributed by atoms with Crippen LogP contribution in [-0.2, 0) is 6.54 Å². The molecule has 16 heavy (non-hydrogen) atoms. The molecule has 0 radical (unpaired) electrons. The molecule has 0 bridgehead atoms. The summed E-state index contributed by atoms with van der Waals surface area (Å²) in [4.78, 5) is 16.8. The number of nitrogens with two attached hydrogens (primary N) is 1. The topological polar surface area (TPSA) is 110 Å². The fourth-order valence-electron chi connectivity index (χ4n) is 1.13. The second-order valence-electron chi connectivity index (χ2n) is 3.10. The van der Waals surface area contributed by atoms with Crippen molar-refractivity contribution in [3.05, 3.63) is 21.8 Å². The molecule has 0 spiro atoms. The number of hydrogen-bond acceptors (Lipinski definition) is 6. The Morgan fingerprint density at radius 1 is 1.62 bits per heavy atom. The largest absolute Gasteiger partial charge is 0.380 e. The maximum Gasteiger partial charge on any atom is 0.276 e. The summed E-state index contributed by atoms with van der Waals surface area (Å²) in [5, 5.41) is 13.0. The van der Waals surface area contributed by atoms with Crippen molar-refractivity contribution in [2.45, 2.75) is 13.5 Å². The molecule has 1 amide bonds. The smallest absolute Gasteiger partial charge is 0.276 e. The number of anilines is 1. The molecule has 0 aromatic carbocycles. The molecule has 84 valence electrons. The maximum absolute atomic E-state index is 11.6. The zero-order chi connectivity index (χ0) is 11.5. The van der Waals surface area contributed by atoms with Crippen molar-refractivity contribution in [2.75, 3.05) is 5.73 Å². The lowest BCUT2D eigenvalue weighted by molar-refractivity contribution is 0.0946. The van der Waals surface area contributed by atoms with E-state index in [-0.39, 0.29) is 17.4 Å². The molecule has 0 fully saturated rings. The van der Waals surface area contributed by atoms with Gasteiger partial charge in [-0.1, -0.05) is 0 Å². The Kier molecular flexibility index (Phi) is 2.82. The predicted molar refractivity (Wildman–Crippen MR) is 58.8 cm³/mol. The Hall–Kier alpha value is -1.96. The van der Waals surface area contributed by atoms with Gasteiger partial charge in [-0.15, -0.1) is 21.5 Å². The monoisotopic (exact) mass is 238 g/mol. The molecule has 0 saturated heterocycles. The lowest BCUT2D eigenvalue weighted by Gasteiger charge is -1.99. The molecule has 2 aromatic rings. The summed E-state index contributed by atoms with van der Waals surface area (Å²) in [6.07, 6.45) is 1.76. The molecule has 2 rings (SSSR count). The van der Waals surface area contributed by atoms with Gasteiger partial charge in [0.2, 0.25) is 0 Å². The normalized spacial score (nSPS) is 10.3. The number of carbonyl (C=O) groups excluding carboxylic acids is 1. The predicted octanol–water partition coefficient (Wildman–Crippen LogP) is 0.0818. The highest BCUT2D eigenvalue weighted by Gasteiger charge is 2.13. The van der Waals surface area contributed by atoms with Gasteiger partial charge in [-0.3, -0.25) is 4.79 Å². The van der Waals surface area contributed by atoms with E-state index in [1.807, 2.05) is 6.92 Å². The standard InChI is InChI=1S/C8H10N6OS/c1-4-2-10-5(16-4)3-11-8(15)6-7(9)13-14-12-6/h2H,3H2,1H3,(H,11,15)(H3,9,12,13,14). The summed E-state index contributed by atoms with van der Waals surface area (Å²) in [6.45, 7) is 2.32. The van der Waals surface area contributed by atoms with E-state index in [0.29, 0.717) is 6.54 Å². The van der Waals surface area contributed by atoms with Crippen LogP contribution in [0.25, 0.3) is 0 Å². The zero-order valence-corrected chi connectivity index (χ0v) is 9.34. The summed E-state index contributed by atoms with van der Waals surface area (Å²) in [6, 6.07) is 0. The van der Waals surface area contributed by atoms with E-state index in [4.69, 9.17) is 5.73 Å². The SMILES string of the molecule is Cc1cnc(CNC(=O)c2n[nH]nc2N)s1. The van der Waals surface area contributed by atoms with Crippen molar-refractivity contribution < 1.29 is 4.79 Å². The van der Waals surface area contributed by atoms with E-state index < -0.39 is 0 Å². The molecule has 4 N–H and O–H groups in total. The van der Waals surface area contributed by atoms with Crippen molar-refractivity contribution in [1.29, 1.82) is 0 Å². The summed E-state index contributed by atoms with van der Waals surface area (Å²) in [7, 11) is 0. The number of aromatic nitrogens is 4. The number of nitrogens with zero attached hydrogens (tertiary/aromatic N) is 3. The first-order chi connectivity index (χ1) is 7.66. The van der Waals surface area contributed by atoms with Gasteiger partial charge in [0.05, 0.1) is 6.54 Å². The number of hydrogen-bond donors (Lipinski definition) is 3. The van der Waals surface area contributed by atoms with Gasteiger partial charge in [0.1, 0.15) is 5.01 Å². The highest BCUT2D eigenvalue weighted by Crippen LogP contribution is 2.11. The number of carbonyl (C=O) groups is 1. The van der Waals surface area contributed by atoms with E-state index in [1.54, 1.807) is 6.20 Å². The Labute approximate surface area is 95.1 Å².